The molecule has 0 bridgehead atoms. The van der Waals surface area contributed by atoms with Crippen molar-refractivity contribution in [2.75, 3.05) is 24.9 Å². The zero-order valence-electron chi connectivity index (χ0n) is 17.2. The standard InChI is InChI=1S/C23H24N4O3/c1-5-18(28)10-16-8-6-7-9-21(16)26-22-15(2)14-24-23(27-22)25-17-11-19(29-3)13-20(12-17)30-4/h5-9,11-14H,1,10H2,2-4H3,(H2,24,25,26,27). The molecule has 154 valence electrons. The normalized spacial score (nSPS) is 10.2. The van der Waals surface area contributed by atoms with Crippen molar-refractivity contribution in [1.82, 2.24) is 9.97 Å². The Bertz CT molecular complexity index is 1040. The molecule has 0 amide bonds. The molecule has 1 aromatic heterocycles. The lowest BCUT2D eigenvalue weighted by Gasteiger charge is -2.14. The second kappa shape index (κ2) is 9.56. The molecule has 0 saturated heterocycles. The average molecular weight is 404 g/mol. The molecule has 7 nitrogen and oxygen atoms in total. The maximum absolute atomic E-state index is 11.8. The zero-order chi connectivity index (χ0) is 21.5. The minimum Gasteiger partial charge on any atom is -0.497 e. The zero-order valence-corrected chi connectivity index (χ0v) is 17.2. The molecule has 2 N–H and O–H groups in total. The van der Waals surface area contributed by atoms with Crippen molar-refractivity contribution >= 4 is 28.9 Å². The van der Waals surface area contributed by atoms with Crippen LogP contribution in [0, 0.1) is 6.92 Å². The first-order valence-electron chi connectivity index (χ1n) is 9.36. The fourth-order valence-corrected chi connectivity index (χ4v) is 2.82. The Morgan fingerprint density at radius 1 is 1.10 bits per heavy atom. The van der Waals surface area contributed by atoms with Crippen LogP contribution < -0.4 is 20.1 Å². The number of aromatic nitrogens is 2. The monoisotopic (exact) mass is 404 g/mol. The van der Waals surface area contributed by atoms with E-state index in [1.165, 1.54) is 6.08 Å². The van der Waals surface area contributed by atoms with Crippen molar-refractivity contribution in [3.05, 3.63) is 72.4 Å². The first kappa shape index (κ1) is 20.9. The van der Waals surface area contributed by atoms with Crippen LogP contribution in [0.15, 0.2) is 61.3 Å². The van der Waals surface area contributed by atoms with Crippen molar-refractivity contribution < 1.29 is 14.3 Å². The van der Waals surface area contributed by atoms with Gasteiger partial charge in [0.2, 0.25) is 5.95 Å². The van der Waals surface area contributed by atoms with Gasteiger partial charge in [0.05, 0.1) is 14.2 Å². The van der Waals surface area contributed by atoms with Crippen molar-refractivity contribution in [3.8, 4) is 11.5 Å². The summed E-state index contributed by atoms with van der Waals surface area (Å²) in [4.78, 5) is 20.8. The van der Waals surface area contributed by atoms with E-state index in [9.17, 15) is 4.79 Å². The molecule has 3 aromatic rings. The number of aryl methyl sites for hydroxylation is 1. The molecule has 0 radical (unpaired) electrons. The topological polar surface area (TPSA) is 85.4 Å². The van der Waals surface area contributed by atoms with E-state index in [0.717, 1.165) is 22.5 Å². The Hall–Kier alpha value is -3.87. The van der Waals surface area contributed by atoms with Gasteiger partial charge in [0.1, 0.15) is 17.3 Å². The number of hydrogen-bond donors (Lipinski definition) is 2. The largest absolute Gasteiger partial charge is 0.497 e. The molecule has 0 unspecified atom stereocenters. The highest BCUT2D eigenvalue weighted by Crippen LogP contribution is 2.28. The summed E-state index contributed by atoms with van der Waals surface area (Å²) < 4.78 is 10.6. The number of carbonyl (C=O) groups is 1. The van der Waals surface area contributed by atoms with Crippen LogP contribution in [0.2, 0.25) is 0 Å². The summed E-state index contributed by atoms with van der Waals surface area (Å²) in [5.74, 6) is 2.32. The second-order valence-corrected chi connectivity index (χ2v) is 6.58. The summed E-state index contributed by atoms with van der Waals surface area (Å²) in [6, 6.07) is 13.1. The summed E-state index contributed by atoms with van der Waals surface area (Å²) in [5.41, 5.74) is 3.28. The Kier molecular flexibility index (Phi) is 6.64. The van der Waals surface area contributed by atoms with E-state index in [1.807, 2.05) is 43.3 Å². The maximum atomic E-state index is 11.8. The van der Waals surface area contributed by atoms with Crippen LogP contribution >= 0.6 is 0 Å². The summed E-state index contributed by atoms with van der Waals surface area (Å²) in [6.45, 7) is 5.46. The highest BCUT2D eigenvalue weighted by Gasteiger charge is 2.10. The molecule has 3 rings (SSSR count). The van der Waals surface area contributed by atoms with Gasteiger partial charge in [-0.25, -0.2) is 4.98 Å². The Labute approximate surface area is 175 Å². The summed E-state index contributed by atoms with van der Waals surface area (Å²) >= 11 is 0. The van der Waals surface area contributed by atoms with Crippen LogP contribution in [0.5, 0.6) is 11.5 Å². The molecular formula is C23H24N4O3. The average Bonchev–Trinajstić information content (AvgIpc) is 2.76. The molecule has 7 heteroatoms. The fourth-order valence-electron chi connectivity index (χ4n) is 2.82. The first-order valence-corrected chi connectivity index (χ1v) is 9.36. The third-order valence-corrected chi connectivity index (χ3v) is 4.44. The van der Waals surface area contributed by atoms with Crippen molar-refractivity contribution in [2.24, 2.45) is 0 Å². The fraction of sp³-hybridized carbons (Fsp3) is 0.174. The number of para-hydroxylation sites is 1. The number of carbonyl (C=O) groups excluding carboxylic acids is 1. The highest BCUT2D eigenvalue weighted by molar-refractivity contribution is 5.92. The van der Waals surface area contributed by atoms with E-state index in [2.05, 4.69) is 27.2 Å². The van der Waals surface area contributed by atoms with E-state index < -0.39 is 0 Å². The molecule has 30 heavy (non-hydrogen) atoms. The van der Waals surface area contributed by atoms with Gasteiger partial charge in [-0.3, -0.25) is 4.79 Å². The van der Waals surface area contributed by atoms with Crippen molar-refractivity contribution in [1.29, 1.82) is 0 Å². The number of nitrogens with zero attached hydrogens (tertiary/aromatic N) is 2. The SMILES string of the molecule is C=CC(=O)Cc1ccccc1Nc1nc(Nc2cc(OC)cc(OC)c2)ncc1C. The van der Waals surface area contributed by atoms with Crippen LogP contribution in [-0.2, 0) is 11.2 Å². The lowest BCUT2D eigenvalue weighted by molar-refractivity contribution is -0.114. The minimum absolute atomic E-state index is 0.0435. The van der Waals surface area contributed by atoms with E-state index in [4.69, 9.17) is 9.47 Å². The van der Waals surface area contributed by atoms with Crippen molar-refractivity contribution in [3.63, 3.8) is 0 Å². The summed E-state index contributed by atoms with van der Waals surface area (Å²) in [6.07, 6.45) is 3.33. The van der Waals surface area contributed by atoms with Crippen LogP contribution in [0.25, 0.3) is 0 Å². The highest BCUT2D eigenvalue weighted by atomic mass is 16.5. The van der Waals surface area contributed by atoms with E-state index in [1.54, 1.807) is 26.5 Å². The number of hydrogen-bond acceptors (Lipinski definition) is 7. The smallest absolute Gasteiger partial charge is 0.229 e. The molecule has 0 spiro atoms. The predicted octanol–water partition coefficient (Wildman–Crippen LogP) is 4.59. The molecule has 2 aromatic carbocycles. The number of allylic oxidation sites excluding steroid dienone is 1. The molecule has 1 heterocycles. The lowest BCUT2D eigenvalue weighted by Crippen LogP contribution is -2.06. The second-order valence-electron chi connectivity index (χ2n) is 6.58. The van der Waals surface area contributed by atoms with Gasteiger partial charge in [0.15, 0.2) is 5.78 Å². The van der Waals surface area contributed by atoms with Crippen LogP contribution in [-0.4, -0.2) is 30.0 Å². The summed E-state index contributed by atoms with van der Waals surface area (Å²) in [5, 5.41) is 6.49. The molecule has 0 aliphatic heterocycles. The third-order valence-electron chi connectivity index (χ3n) is 4.44. The van der Waals surface area contributed by atoms with Crippen LogP contribution in [0.3, 0.4) is 0 Å². The molecule has 0 fully saturated rings. The summed E-state index contributed by atoms with van der Waals surface area (Å²) in [7, 11) is 3.19. The van der Waals surface area contributed by atoms with Gasteiger partial charge in [-0.05, 0) is 24.6 Å². The predicted molar refractivity (Wildman–Crippen MR) is 118 cm³/mol. The molecular weight excluding hydrogens is 380 g/mol. The lowest BCUT2D eigenvalue weighted by atomic mass is 10.1. The van der Waals surface area contributed by atoms with Gasteiger partial charge < -0.3 is 20.1 Å². The number of nitrogens with one attached hydrogen (secondary N) is 2. The molecule has 0 atom stereocenters. The van der Waals surface area contributed by atoms with E-state index >= 15 is 0 Å². The number of methoxy groups -OCH3 is 2. The van der Waals surface area contributed by atoms with Gasteiger partial charge in [-0.1, -0.05) is 24.8 Å². The van der Waals surface area contributed by atoms with Crippen molar-refractivity contribution in [2.45, 2.75) is 13.3 Å². The minimum atomic E-state index is -0.0435. The first-order chi connectivity index (χ1) is 14.5. The number of ether oxygens (including phenoxy) is 2. The van der Waals surface area contributed by atoms with Gasteiger partial charge in [-0.15, -0.1) is 0 Å². The maximum Gasteiger partial charge on any atom is 0.229 e. The molecule has 0 saturated carbocycles. The quantitative estimate of drug-likeness (QED) is 0.505. The third kappa shape index (κ3) is 5.14. The number of benzene rings is 2. The van der Waals surface area contributed by atoms with Gasteiger partial charge in [-0.2, -0.15) is 4.98 Å². The number of rotatable bonds is 9. The molecule has 0 aliphatic carbocycles. The molecule has 0 aliphatic rings. The van der Waals surface area contributed by atoms with E-state index in [-0.39, 0.29) is 12.2 Å². The Morgan fingerprint density at radius 3 is 2.47 bits per heavy atom. The Morgan fingerprint density at radius 2 is 1.80 bits per heavy atom. The van der Waals surface area contributed by atoms with Gasteiger partial charge >= 0.3 is 0 Å². The van der Waals surface area contributed by atoms with Gasteiger partial charge in [0.25, 0.3) is 0 Å². The number of anilines is 4. The van der Waals surface area contributed by atoms with Crippen LogP contribution in [0.1, 0.15) is 11.1 Å². The number of ketones is 1. The van der Waals surface area contributed by atoms with E-state index in [0.29, 0.717) is 23.3 Å². The Balaban J connectivity index is 1.87. The van der Waals surface area contributed by atoms with Gasteiger partial charge in [0, 0.05) is 47.8 Å². The van der Waals surface area contributed by atoms with Crippen LogP contribution in [0.4, 0.5) is 23.1 Å².